The quantitative estimate of drug-likeness (QED) is 0.685. The van der Waals surface area contributed by atoms with Crippen LogP contribution in [0.25, 0.3) is 0 Å². The fourth-order valence-electron chi connectivity index (χ4n) is 2.80. The van der Waals surface area contributed by atoms with Crippen LogP contribution in [-0.4, -0.2) is 35.4 Å². The second-order valence-electron chi connectivity index (χ2n) is 5.94. The van der Waals surface area contributed by atoms with Crippen LogP contribution >= 0.6 is 23.5 Å². The van der Waals surface area contributed by atoms with E-state index in [1.807, 2.05) is 0 Å². The normalized spacial score (nSPS) is 17.8. The standard InChI is InChI=1S/C19H18F3NOS2/c20-13-1-4-15(5-2-13)26-12-19(24)23-8-7-18(25-10-9-23)16-11-14(21)3-6-17(16)22/h1-6,11,18H,7-10,12H2/t18-/m1/s1. The third-order valence-corrected chi connectivity index (χ3v) is 6.48. The average molecular weight is 397 g/mol. The van der Waals surface area contributed by atoms with E-state index < -0.39 is 11.6 Å². The fraction of sp³-hybridized carbons (Fsp3) is 0.316. The Kier molecular flexibility index (Phi) is 6.53. The van der Waals surface area contributed by atoms with E-state index in [9.17, 15) is 18.0 Å². The number of hydrogen-bond donors (Lipinski definition) is 0. The highest BCUT2D eigenvalue weighted by Crippen LogP contribution is 2.36. The average Bonchev–Trinajstić information content (AvgIpc) is 2.89. The molecule has 2 aromatic carbocycles. The van der Waals surface area contributed by atoms with E-state index in [1.165, 1.54) is 30.0 Å². The van der Waals surface area contributed by atoms with Crippen molar-refractivity contribution >= 4 is 29.4 Å². The molecule has 1 aliphatic rings. The number of carbonyl (C=O) groups excluding carboxylic acids is 1. The van der Waals surface area contributed by atoms with E-state index in [4.69, 9.17) is 0 Å². The maximum atomic E-state index is 14.0. The molecule has 0 aromatic heterocycles. The van der Waals surface area contributed by atoms with Crippen molar-refractivity contribution in [3.63, 3.8) is 0 Å². The van der Waals surface area contributed by atoms with E-state index in [0.717, 1.165) is 17.0 Å². The van der Waals surface area contributed by atoms with Gasteiger partial charge in [-0.2, -0.15) is 11.8 Å². The Labute approximate surface area is 159 Å². The summed E-state index contributed by atoms with van der Waals surface area (Å²) in [5.74, 6) is -0.213. The lowest BCUT2D eigenvalue weighted by atomic mass is 10.1. The van der Waals surface area contributed by atoms with Crippen molar-refractivity contribution in [2.75, 3.05) is 24.6 Å². The van der Waals surface area contributed by atoms with Gasteiger partial charge in [-0.25, -0.2) is 13.2 Å². The van der Waals surface area contributed by atoms with Gasteiger partial charge in [-0.1, -0.05) is 0 Å². The second kappa shape index (κ2) is 8.86. The smallest absolute Gasteiger partial charge is 0.232 e. The molecule has 0 spiro atoms. The van der Waals surface area contributed by atoms with Gasteiger partial charge in [0.1, 0.15) is 17.5 Å². The van der Waals surface area contributed by atoms with Crippen LogP contribution in [0.4, 0.5) is 13.2 Å². The van der Waals surface area contributed by atoms with Crippen LogP contribution in [0.5, 0.6) is 0 Å². The Balaban J connectivity index is 1.56. The molecule has 138 valence electrons. The summed E-state index contributed by atoms with van der Waals surface area (Å²) in [5, 5.41) is -0.159. The van der Waals surface area contributed by atoms with Crippen LogP contribution in [0, 0.1) is 17.5 Å². The first-order chi connectivity index (χ1) is 12.5. The summed E-state index contributed by atoms with van der Waals surface area (Å²) < 4.78 is 40.3. The van der Waals surface area contributed by atoms with Gasteiger partial charge >= 0.3 is 0 Å². The summed E-state index contributed by atoms with van der Waals surface area (Å²) in [6, 6.07) is 9.54. The van der Waals surface area contributed by atoms with Crippen molar-refractivity contribution in [3.8, 4) is 0 Å². The Morgan fingerprint density at radius 1 is 1.08 bits per heavy atom. The summed E-state index contributed by atoms with van der Waals surface area (Å²) in [5.41, 5.74) is 0.366. The lowest BCUT2D eigenvalue weighted by Crippen LogP contribution is -2.34. The molecule has 2 nitrogen and oxygen atoms in total. The lowest BCUT2D eigenvalue weighted by Gasteiger charge is -2.20. The third-order valence-electron chi connectivity index (χ3n) is 4.18. The molecule has 2 aromatic rings. The maximum Gasteiger partial charge on any atom is 0.232 e. The van der Waals surface area contributed by atoms with Gasteiger partial charge in [0.15, 0.2) is 0 Å². The largest absolute Gasteiger partial charge is 0.341 e. The first-order valence-corrected chi connectivity index (χ1v) is 10.3. The number of carbonyl (C=O) groups is 1. The van der Waals surface area contributed by atoms with Crippen molar-refractivity contribution in [2.24, 2.45) is 0 Å². The Morgan fingerprint density at radius 3 is 2.58 bits per heavy atom. The minimum atomic E-state index is -0.449. The monoisotopic (exact) mass is 397 g/mol. The first-order valence-electron chi connectivity index (χ1n) is 8.25. The van der Waals surface area contributed by atoms with Crippen LogP contribution in [0.3, 0.4) is 0 Å². The van der Waals surface area contributed by atoms with E-state index in [2.05, 4.69) is 0 Å². The second-order valence-corrected chi connectivity index (χ2v) is 8.30. The van der Waals surface area contributed by atoms with Crippen molar-refractivity contribution < 1.29 is 18.0 Å². The number of rotatable bonds is 4. The summed E-state index contributed by atoms with van der Waals surface area (Å²) in [6.07, 6.45) is 0.581. The molecule has 0 aliphatic carbocycles. The SMILES string of the molecule is O=C(CSc1ccc(F)cc1)N1CCS[C@@H](c2cc(F)ccc2F)CC1. The van der Waals surface area contributed by atoms with Gasteiger partial charge in [0.2, 0.25) is 5.91 Å². The molecule has 1 atom stereocenters. The Morgan fingerprint density at radius 2 is 1.81 bits per heavy atom. The molecule has 3 rings (SSSR count). The molecule has 0 N–H and O–H groups in total. The minimum Gasteiger partial charge on any atom is -0.341 e. The van der Waals surface area contributed by atoms with Gasteiger partial charge < -0.3 is 4.90 Å². The topological polar surface area (TPSA) is 20.3 Å². The number of thioether (sulfide) groups is 2. The van der Waals surface area contributed by atoms with Gasteiger partial charge in [-0.15, -0.1) is 11.8 Å². The van der Waals surface area contributed by atoms with E-state index in [1.54, 1.807) is 28.8 Å². The highest BCUT2D eigenvalue weighted by Gasteiger charge is 2.24. The zero-order valence-electron chi connectivity index (χ0n) is 14.0. The molecule has 1 saturated heterocycles. The summed E-state index contributed by atoms with van der Waals surface area (Å²) in [4.78, 5) is 15.0. The Hall–Kier alpha value is -1.60. The van der Waals surface area contributed by atoms with Crippen molar-refractivity contribution in [1.29, 1.82) is 0 Å². The molecular weight excluding hydrogens is 379 g/mol. The number of nitrogens with zero attached hydrogens (tertiary/aromatic N) is 1. The molecule has 1 amide bonds. The van der Waals surface area contributed by atoms with Gasteiger partial charge in [-0.05, 0) is 48.9 Å². The van der Waals surface area contributed by atoms with Crippen molar-refractivity contribution in [1.82, 2.24) is 4.90 Å². The first kappa shape index (κ1) is 19.2. The van der Waals surface area contributed by atoms with E-state index in [0.29, 0.717) is 30.8 Å². The molecule has 26 heavy (non-hydrogen) atoms. The molecular formula is C19H18F3NOS2. The van der Waals surface area contributed by atoms with Crippen molar-refractivity contribution in [2.45, 2.75) is 16.6 Å². The highest BCUT2D eigenvalue weighted by atomic mass is 32.2. The van der Waals surface area contributed by atoms with E-state index >= 15 is 0 Å². The molecule has 1 aliphatic heterocycles. The maximum absolute atomic E-state index is 14.0. The third kappa shape index (κ3) is 4.98. The zero-order valence-corrected chi connectivity index (χ0v) is 15.6. The van der Waals surface area contributed by atoms with Gasteiger partial charge in [0, 0.05) is 34.6 Å². The molecule has 0 radical (unpaired) electrons. The fourth-order valence-corrected chi connectivity index (χ4v) is 4.84. The molecule has 7 heteroatoms. The Bertz CT molecular complexity index is 770. The summed E-state index contributed by atoms with van der Waals surface area (Å²) >= 11 is 2.91. The van der Waals surface area contributed by atoms with Gasteiger partial charge in [0.25, 0.3) is 0 Å². The summed E-state index contributed by atoms with van der Waals surface area (Å²) in [7, 11) is 0. The zero-order chi connectivity index (χ0) is 18.5. The predicted octanol–water partition coefficient (Wildman–Crippen LogP) is 4.90. The molecule has 0 bridgehead atoms. The highest BCUT2D eigenvalue weighted by molar-refractivity contribution is 8.00. The van der Waals surface area contributed by atoms with Crippen LogP contribution in [0.2, 0.25) is 0 Å². The number of amides is 1. The van der Waals surface area contributed by atoms with Crippen LogP contribution in [-0.2, 0) is 4.79 Å². The predicted molar refractivity (Wildman–Crippen MR) is 99.9 cm³/mol. The molecule has 0 saturated carbocycles. The van der Waals surface area contributed by atoms with Gasteiger partial charge in [-0.3, -0.25) is 4.79 Å². The molecule has 1 heterocycles. The number of hydrogen-bond acceptors (Lipinski definition) is 3. The van der Waals surface area contributed by atoms with Gasteiger partial charge in [0.05, 0.1) is 5.75 Å². The number of benzene rings is 2. The van der Waals surface area contributed by atoms with Crippen LogP contribution in [0.15, 0.2) is 47.4 Å². The molecule has 0 unspecified atom stereocenters. The van der Waals surface area contributed by atoms with Crippen LogP contribution in [0.1, 0.15) is 17.2 Å². The molecule has 1 fully saturated rings. The van der Waals surface area contributed by atoms with Crippen LogP contribution < -0.4 is 0 Å². The minimum absolute atomic E-state index is 0.000268. The summed E-state index contributed by atoms with van der Waals surface area (Å²) in [6.45, 7) is 1.09. The van der Waals surface area contributed by atoms with E-state index in [-0.39, 0.29) is 22.7 Å². The lowest BCUT2D eigenvalue weighted by molar-refractivity contribution is -0.128. The van der Waals surface area contributed by atoms with Crippen molar-refractivity contribution in [3.05, 3.63) is 65.5 Å². The number of halogens is 3.